The molecular weight excluding hydrogens is 323 g/mol. The lowest BCUT2D eigenvalue weighted by atomic mass is 10.3. The van der Waals surface area contributed by atoms with Crippen molar-refractivity contribution in [2.45, 2.75) is 38.1 Å². The van der Waals surface area contributed by atoms with Crippen LogP contribution < -0.4 is 10.1 Å². The number of aromatic nitrogens is 2. The lowest BCUT2D eigenvalue weighted by molar-refractivity contribution is -0.274. The minimum atomic E-state index is -4.74. The van der Waals surface area contributed by atoms with Gasteiger partial charge in [-0.25, -0.2) is 0 Å². The van der Waals surface area contributed by atoms with E-state index in [4.69, 9.17) is 0 Å². The monoisotopic (exact) mass is 339 g/mol. The zero-order valence-electron chi connectivity index (χ0n) is 12.7. The van der Waals surface area contributed by atoms with Crippen molar-refractivity contribution in [1.29, 1.82) is 0 Å². The lowest BCUT2D eigenvalue weighted by Gasteiger charge is -2.10. The average Bonchev–Trinajstić information content (AvgIpc) is 3.18. The summed E-state index contributed by atoms with van der Waals surface area (Å²) in [7, 11) is 0. The summed E-state index contributed by atoms with van der Waals surface area (Å²) in [5.74, 6) is -0.748. The summed E-state index contributed by atoms with van der Waals surface area (Å²) in [6, 6.07) is 6.93. The normalized spacial score (nSPS) is 15.5. The summed E-state index contributed by atoms with van der Waals surface area (Å²) >= 11 is 0. The maximum absolute atomic E-state index is 12.2. The minimum Gasteiger partial charge on any atom is -0.406 e. The Kier molecular flexibility index (Phi) is 4.46. The molecule has 1 heterocycles. The topological polar surface area (TPSA) is 56.1 Å². The average molecular weight is 339 g/mol. The van der Waals surface area contributed by atoms with Crippen molar-refractivity contribution in [3.05, 3.63) is 42.2 Å². The molecule has 24 heavy (non-hydrogen) atoms. The number of rotatable bonds is 4. The van der Waals surface area contributed by atoms with E-state index in [1.54, 1.807) is 12.3 Å². The van der Waals surface area contributed by atoms with Crippen LogP contribution in [-0.2, 0) is 0 Å². The molecule has 8 heteroatoms. The molecule has 0 aliphatic heterocycles. The summed E-state index contributed by atoms with van der Waals surface area (Å²) in [5.41, 5.74) is 0.641. The van der Waals surface area contributed by atoms with Gasteiger partial charge in [0, 0.05) is 11.9 Å². The number of nitrogens with one attached hydrogen (secondary N) is 1. The Morgan fingerprint density at radius 3 is 2.46 bits per heavy atom. The zero-order valence-corrected chi connectivity index (χ0v) is 12.7. The van der Waals surface area contributed by atoms with Gasteiger partial charge in [0.05, 0.1) is 6.04 Å². The molecule has 1 aliphatic carbocycles. The molecule has 0 spiro atoms. The number of benzene rings is 1. The number of carbonyl (C=O) groups excluding carboxylic acids is 1. The number of hydrogen-bond donors (Lipinski definition) is 1. The SMILES string of the molecule is O=C(Nc1ccc(OC(F)(F)F)cc1)c1ccn(C2CCCC2)n1. The number of nitrogens with zero attached hydrogens (tertiary/aromatic N) is 2. The third kappa shape index (κ3) is 4.06. The van der Waals surface area contributed by atoms with E-state index in [0.717, 1.165) is 25.0 Å². The van der Waals surface area contributed by atoms with Crippen molar-refractivity contribution in [1.82, 2.24) is 9.78 Å². The molecule has 1 aromatic heterocycles. The van der Waals surface area contributed by atoms with Crippen LogP contribution >= 0.6 is 0 Å². The number of halogens is 3. The molecule has 1 fully saturated rings. The molecule has 1 saturated carbocycles. The molecule has 1 aromatic carbocycles. The fourth-order valence-corrected chi connectivity index (χ4v) is 2.77. The van der Waals surface area contributed by atoms with Gasteiger partial charge in [-0.2, -0.15) is 5.10 Å². The van der Waals surface area contributed by atoms with Gasteiger partial charge in [0.25, 0.3) is 5.91 Å². The molecule has 128 valence electrons. The van der Waals surface area contributed by atoms with E-state index in [9.17, 15) is 18.0 Å². The predicted molar refractivity (Wildman–Crippen MR) is 80.8 cm³/mol. The van der Waals surface area contributed by atoms with Gasteiger partial charge in [0.15, 0.2) is 5.69 Å². The van der Waals surface area contributed by atoms with E-state index in [0.29, 0.717) is 11.7 Å². The molecule has 1 aliphatic rings. The third-order valence-corrected chi connectivity index (χ3v) is 3.89. The van der Waals surface area contributed by atoms with Crippen molar-refractivity contribution >= 4 is 11.6 Å². The Morgan fingerprint density at radius 1 is 1.17 bits per heavy atom. The molecule has 1 N–H and O–H groups in total. The minimum absolute atomic E-state index is 0.275. The molecule has 0 saturated heterocycles. The molecule has 2 aromatic rings. The van der Waals surface area contributed by atoms with E-state index in [1.165, 1.54) is 25.0 Å². The molecule has 0 unspecified atom stereocenters. The Labute approximate surface area is 136 Å². The maximum atomic E-state index is 12.2. The van der Waals surface area contributed by atoms with Crippen LogP contribution in [0.25, 0.3) is 0 Å². The number of alkyl halides is 3. The third-order valence-electron chi connectivity index (χ3n) is 3.89. The molecular formula is C16H16F3N3O2. The summed E-state index contributed by atoms with van der Waals surface area (Å²) in [6.45, 7) is 0. The number of hydrogen-bond acceptors (Lipinski definition) is 3. The van der Waals surface area contributed by atoms with Crippen LogP contribution in [-0.4, -0.2) is 22.1 Å². The highest BCUT2D eigenvalue weighted by molar-refractivity contribution is 6.02. The second-order valence-corrected chi connectivity index (χ2v) is 5.65. The first kappa shape index (κ1) is 16.4. The van der Waals surface area contributed by atoms with Crippen LogP contribution in [0.1, 0.15) is 42.2 Å². The molecule has 1 amide bonds. The second kappa shape index (κ2) is 6.54. The fraction of sp³-hybridized carbons (Fsp3) is 0.375. The van der Waals surface area contributed by atoms with Crippen LogP contribution in [0.15, 0.2) is 36.5 Å². The quantitative estimate of drug-likeness (QED) is 0.910. The summed E-state index contributed by atoms with van der Waals surface area (Å²) < 4.78 is 41.9. The maximum Gasteiger partial charge on any atom is 0.573 e. The molecule has 0 atom stereocenters. The first-order valence-electron chi connectivity index (χ1n) is 7.63. The van der Waals surface area contributed by atoms with Crippen molar-refractivity contribution in [3.8, 4) is 5.75 Å². The number of anilines is 1. The fourth-order valence-electron chi connectivity index (χ4n) is 2.77. The van der Waals surface area contributed by atoms with Crippen LogP contribution in [0, 0.1) is 0 Å². The first-order chi connectivity index (χ1) is 11.4. The van der Waals surface area contributed by atoms with E-state index in [-0.39, 0.29) is 11.4 Å². The highest BCUT2D eigenvalue weighted by atomic mass is 19.4. The van der Waals surface area contributed by atoms with Crippen molar-refractivity contribution in [2.24, 2.45) is 0 Å². The van der Waals surface area contributed by atoms with Crippen molar-refractivity contribution in [2.75, 3.05) is 5.32 Å². The second-order valence-electron chi connectivity index (χ2n) is 5.65. The van der Waals surface area contributed by atoms with Gasteiger partial charge in [-0.15, -0.1) is 13.2 Å². The Bertz CT molecular complexity index is 704. The Morgan fingerprint density at radius 2 is 1.83 bits per heavy atom. The zero-order chi connectivity index (χ0) is 17.2. The Balaban J connectivity index is 1.62. The van der Waals surface area contributed by atoms with Gasteiger partial charge in [-0.1, -0.05) is 12.8 Å². The summed E-state index contributed by atoms with van der Waals surface area (Å²) in [5, 5.41) is 6.89. The highest BCUT2D eigenvalue weighted by Crippen LogP contribution is 2.29. The summed E-state index contributed by atoms with van der Waals surface area (Å²) in [4.78, 5) is 12.2. The van der Waals surface area contributed by atoms with Crippen LogP contribution in [0.3, 0.4) is 0 Å². The largest absolute Gasteiger partial charge is 0.573 e. The van der Waals surface area contributed by atoms with Crippen LogP contribution in [0.4, 0.5) is 18.9 Å². The first-order valence-corrected chi connectivity index (χ1v) is 7.63. The van der Waals surface area contributed by atoms with Crippen molar-refractivity contribution in [3.63, 3.8) is 0 Å². The number of carbonyl (C=O) groups is 1. The van der Waals surface area contributed by atoms with Gasteiger partial charge in [-0.3, -0.25) is 9.48 Å². The van der Waals surface area contributed by atoms with E-state index in [1.807, 2.05) is 4.68 Å². The van der Waals surface area contributed by atoms with Gasteiger partial charge >= 0.3 is 6.36 Å². The lowest BCUT2D eigenvalue weighted by Crippen LogP contribution is -2.17. The van der Waals surface area contributed by atoms with E-state index < -0.39 is 12.3 Å². The number of amides is 1. The Hall–Kier alpha value is -2.51. The molecule has 0 radical (unpaired) electrons. The predicted octanol–water partition coefficient (Wildman–Crippen LogP) is 4.15. The van der Waals surface area contributed by atoms with Crippen LogP contribution in [0.5, 0.6) is 5.75 Å². The van der Waals surface area contributed by atoms with Gasteiger partial charge < -0.3 is 10.1 Å². The highest BCUT2D eigenvalue weighted by Gasteiger charge is 2.31. The molecule has 5 nitrogen and oxygen atoms in total. The van der Waals surface area contributed by atoms with Crippen molar-refractivity contribution < 1.29 is 22.7 Å². The molecule has 3 rings (SSSR count). The van der Waals surface area contributed by atoms with E-state index in [2.05, 4.69) is 15.2 Å². The smallest absolute Gasteiger partial charge is 0.406 e. The van der Waals surface area contributed by atoms with Gasteiger partial charge in [0.2, 0.25) is 0 Å². The van der Waals surface area contributed by atoms with Gasteiger partial charge in [-0.05, 0) is 43.2 Å². The van der Waals surface area contributed by atoms with E-state index >= 15 is 0 Å². The summed E-state index contributed by atoms with van der Waals surface area (Å²) in [6.07, 6.45) is 1.49. The van der Waals surface area contributed by atoms with Crippen LogP contribution in [0.2, 0.25) is 0 Å². The molecule has 0 bridgehead atoms. The standard InChI is InChI=1S/C16H16F3N3O2/c17-16(18,19)24-13-7-5-11(6-8-13)20-15(23)14-9-10-22(21-14)12-3-1-2-4-12/h5-10,12H,1-4H2,(H,20,23). The number of ether oxygens (including phenoxy) is 1. The van der Waals surface area contributed by atoms with Gasteiger partial charge in [0.1, 0.15) is 5.75 Å².